The number of hydrogen-bond donors (Lipinski definition) is 2. The molecule has 0 radical (unpaired) electrons. The summed E-state index contributed by atoms with van der Waals surface area (Å²) >= 11 is 12.3. The molecule has 0 fully saturated rings. The molecule has 0 saturated carbocycles. The van der Waals surface area contributed by atoms with Gasteiger partial charge in [0.15, 0.2) is 0 Å². The zero-order valence-electron chi connectivity index (χ0n) is 13.5. The zero-order valence-corrected chi connectivity index (χ0v) is 15.0. The number of amides is 2. The molecule has 1 aliphatic heterocycles. The summed E-state index contributed by atoms with van der Waals surface area (Å²) in [4.78, 5) is 36.2. The number of carbonyl (C=O) groups is 2. The van der Waals surface area contributed by atoms with E-state index in [9.17, 15) is 14.4 Å². The predicted octanol–water partition coefficient (Wildman–Crippen LogP) is 1.64. The quantitative estimate of drug-likeness (QED) is 0.585. The van der Waals surface area contributed by atoms with Gasteiger partial charge in [0.25, 0.3) is 17.4 Å². The molecule has 8 nitrogen and oxygen atoms in total. The number of aromatic nitrogens is 1. The van der Waals surface area contributed by atoms with Crippen LogP contribution in [0.15, 0.2) is 23.0 Å². The molecule has 1 aromatic heterocycles. The second-order valence-corrected chi connectivity index (χ2v) is 6.16. The standard InChI is InChI=1S/C16H13Cl2N3O5/c1-25-2-3-26-11-6-10(8(17)5-9(11)18)21-12(22)4-7-13(14(21)19)16(24)20-15(7)23/h4-6H,2-3,19H2,1H3,(H,20,23,24). The van der Waals surface area contributed by atoms with Gasteiger partial charge < -0.3 is 15.2 Å². The van der Waals surface area contributed by atoms with Crippen LogP contribution in [0.3, 0.4) is 0 Å². The molecule has 0 atom stereocenters. The number of ether oxygens (including phenoxy) is 2. The highest BCUT2D eigenvalue weighted by Gasteiger charge is 2.32. The lowest BCUT2D eigenvalue weighted by molar-refractivity contribution is 0.0880. The maximum Gasteiger partial charge on any atom is 0.262 e. The molecule has 0 bridgehead atoms. The molecular formula is C16H13Cl2N3O5. The van der Waals surface area contributed by atoms with Gasteiger partial charge in [-0.15, -0.1) is 0 Å². The van der Waals surface area contributed by atoms with Crippen molar-refractivity contribution < 1.29 is 19.1 Å². The predicted molar refractivity (Wildman–Crippen MR) is 95.6 cm³/mol. The van der Waals surface area contributed by atoms with E-state index in [-0.39, 0.29) is 45.0 Å². The first kappa shape index (κ1) is 18.2. The fraction of sp³-hybridized carbons (Fsp3) is 0.188. The lowest BCUT2D eigenvalue weighted by Gasteiger charge is -2.16. The van der Waals surface area contributed by atoms with E-state index in [1.165, 1.54) is 19.2 Å². The highest BCUT2D eigenvalue weighted by Crippen LogP contribution is 2.34. The average molecular weight is 398 g/mol. The number of pyridine rings is 1. The summed E-state index contributed by atoms with van der Waals surface area (Å²) in [5, 5.41) is 2.45. The first-order valence-corrected chi connectivity index (χ1v) is 8.13. The minimum absolute atomic E-state index is 0.0737. The third-order valence-corrected chi connectivity index (χ3v) is 4.34. The largest absolute Gasteiger partial charge is 0.490 e. The van der Waals surface area contributed by atoms with Crippen molar-refractivity contribution in [3.8, 4) is 11.4 Å². The van der Waals surface area contributed by atoms with Gasteiger partial charge in [0.1, 0.15) is 18.2 Å². The van der Waals surface area contributed by atoms with E-state index < -0.39 is 17.4 Å². The van der Waals surface area contributed by atoms with E-state index in [0.717, 1.165) is 10.6 Å². The third kappa shape index (κ3) is 3.03. The SMILES string of the molecule is COCCOc1cc(-n2c(N)c3c(cc2=O)C(=O)NC3=O)c(Cl)cc1Cl. The van der Waals surface area contributed by atoms with Gasteiger partial charge in [0, 0.05) is 19.2 Å². The summed E-state index contributed by atoms with van der Waals surface area (Å²) in [6.45, 7) is 0.556. The second-order valence-electron chi connectivity index (χ2n) is 5.35. The van der Waals surface area contributed by atoms with Crippen molar-refractivity contribution in [2.75, 3.05) is 26.1 Å². The Hall–Kier alpha value is -2.55. The van der Waals surface area contributed by atoms with Crippen molar-refractivity contribution in [2.24, 2.45) is 0 Å². The van der Waals surface area contributed by atoms with Crippen molar-refractivity contribution in [1.82, 2.24) is 9.88 Å². The molecule has 2 aromatic rings. The Morgan fingerprint density at radius 2 is 1.81 bits per heavy atom. The number of nitrogens with zero attached hydrogens (tertiary/aromatic N) is 1. The van der Waals surface area contributed by atoms with Gasteiger partial charge in [-0.25, -0.2) is 0 Å². The molecule has 2 heterocycles. The van der Waals surface area contributed by atoms with Gasteiger partial charge in [-0.05, 0) is 6.07 Å². The van der Waals surface area contributed by atoms with Crippen molar-refractivity contribution >= 4 is 40.8 Å². The van der Waals surface area contributed by atoms with Crippen LogP contribution in [0.2, 0.25) is 10.0 Å². The van der Waals surface area contributed by atoms with Crippen LogP contribution in [0, 0.1) is 0 Å². The summed E-state index contributed by atoms with van der Waals surface area (Å²) < 4.78 is 11.4. The third-order valence-electron chi connectivity index (χ3n) is 3.74. The Kier molecular flexibility index (Phi) is 4.90. The molecule has 136 valence electrons. The van der Waals surface area contributed by atoms with Crippen molar-refractivity contribution in [3.63, 3.8) is 0 Å². The first-order valence-electron chi connectivity index (χ1n) is 7.37. The second kappa shape index (κ2) is 6.99. The number of fused-ring (bicyclic) bond motifs is 1. The van der Waals surface area contributed by atoms with Crippen molar-refractivity contribution in [3.05, 3.63) is 49.7 Å². The Labute approximate surface area is 157 Å². The van der Waals surface area contributed by atoms with E-state index >= 15 is 0 Å². The number of anilines is 1. The molecule has 1 aromatic carbocycles. The molecule has 0 saturated heterocycles. The molecule has 1 aliphatic rings. The summed E-state index contributed by atoms with van der Waals surface area (Å²) in [6, 6.07) is 3.85. The van der Waals surface area contributed by atoms with Crippen LogP contribution in [-0.2, 0) is 4.74 Å². The molecule has 0 aliphatic carbocycles. The van der Waals surface area contributed by atoms with Gasteiger partial charge in [-0.3, -0.25) is 24.3 Å². The van der Waals surface area contributed by atoms with Crippen molar-refractivity contribution in [2.45, 2.75) is 0 Å². The van der Waals surface area contributed by atoms with Gasteiger partial charge in [0.05, 0.1) is 33.5 Å². The summed E-state index contributed by atoms with van der Waals surface area (Å²) in [6.07, 6.45) is 0. The number of rotatable bonds is 5. The minimum atomic E-state index is -0.682. The van der Waals surface area contributed by atoms with E-state index in [0.29, 0.717) is 6.61 Å². The lowest BCUT2D eigenvalue weighted by Crippen LogP contribution is -2.24. The Bertz CT molecular complexity index is 987. The summed E-state index contributed by atoms with van der Waals surface area (Å²) in [5.74, 6) is -1.30. The maximum atomic E-state index is 12.5. The summed E-state index contributed by atoms with van der Waals surface area (Å²) in [5.41, 5.74) is 5.38. The Balaban J connectivity index is 2.17. The molecule has 0 unspecified atom stereocenters. The average Bonchev–Trinajstić information content (AvgIpc) is 2.85. The van der Waals surface area contributed by atoms with Crippen LogP contribution in [0.25, 0.3) is 5.69 Å². The molecule has 3 rings (SSSR count). The topological polar surface area (TPSA) is 113 Å². The summed E-state index contributed by atoms with van der Waals surface area (Å²) in [7, 11) is 1.52. The Morgan fingerprint density at radius 1 is 1.08 bits per heavy atom. The number of carbonyl (C=O) groups excluding carboxylic acids is 2. The number of nitrogen functional groups attached to an aromatic ring is 1. The van der Waals surface area contributed by atoms with Crippen LogP contribution in [0.5, 0.6) is 5.75 Å². The van der Waals surface area contributed by atoms with E-state index in [1.54, 1.807) is 0 Å². The fourth-order valence-corrected chi connectivity index (χ4v) is 3.09. The van der Waals surface area contributed by atoms with Crippen LogP contribution >= 0.6 is 23.2 Å². The van der Waals surface area contributed by atoms with Crippen LogP contribution in [-0.4, -0.2) is 36.7 Å². The van der Waals surface area contributed by atoms with Gasteiger partial charge in [-0.2, -0.15) is 0 Å². The van der Waals surface area contributed by atoms with Crippen LogP contribution in [0.4, 0.5) is 5.82 Å². The first-order chi connectivity index (χ1) is 12.3. The van der Waals surface area contributed by atoms with Gasteiger partial charge in [0.2, 0.25) is 0 Å². The normalized spacial score (nSPS) is 12.9. The minimum Gasteiger partial charge on any atom is -0.490 e. The molecule has 2 amide bonds. The zero-order chi connectivity index (χ0) is 19.0. The van der Waals surface area contributed by atoms with Crippen molar-refractivity contribution in [1.29, 1.82) is 0 Å². The van der Waals surface area contributed by atoms with E-state index in [4.69, 9.17) is 38.4 Å². The smallest absolute Gasteiger partial charge is 0.262 e. The number of methoxy groups -OCH3 is 1. The molecular weight excluding hydrogens is 385 g/mol. The molecule has 26 heavy (non-hydrogen) atoms. The van der Waals surface area contributed by atoms with Crippen LogP contribution in [0.1, 0.15) is 20.7 Å². The highest BCUT2D eigenvalue weighted by molar-refractivity contribution is 6.36. The molecule has 0 spiro atoms. The highest BCUT2D eigenvalue weighted by atomic mass is 35.5. The maximum absolute atomic E-state index is 12.5. The lowest BCUT2D eigenvalue weighted by atomic mass is 10.1. The number of imide groups is 1. The van der Waals surface area contributed by atoms with Crippen LogP contribution < -0.4 is 21.3 Å². The van der Waals surface area contributed by atoms with E-state index in [1.807, 2.05) is 0 Å². The monoisotopic (exact) mass is 397 g/mol. The molecule has 3 N–H and O–H groups in total. The van der Waals surface area contributed by atoms with E-state index in [2.05, 4.69) is 5.32 Å². The number of nitrogens with two attached hydrogens (primary N) is 1. The van der Waals surface area contributed by atoms with Gasteiger partial charge in [-0.1, -0.05) is 23.2 Å². The fourth-order valence-electron chi connectivity index (χ4n) is 2.56. The van der Waals surface area contributed by atoms with Gasteiger partial charge >= 0.3 is 0 Å². The number of nitrogens with one attached hydrogen (secondary N) is 1. The molecule has 10 heteroatoms. The number of benzene rings is 1. The number of halogens is 2. The number of hydrogen-bond acceptors (Lipinski definition) is 6. The Morgan fingerprint density at radius 3 is 2.50 bits per heavy atom.